The number of hydrogen-bond donors (Lipinski definition) is 2. The minimum Gasteiger partial charge on any atom is -0.353 e. The van der Waals surface area contributed by atoms with E-state index < -0.39 is 0 Å². The summed E-state index contributed by atoms with van der Waals surface area (Å²) in [6, 6.07) is 0.218. The van der Waals surface area contributed by atoms with Crippen LogP contribution < -0.4 is 11.1 Å². The average Bonchev–Trinajstić information content (AvgIpc) is 2.02. The fraction of sp³-hybridized carbons (Fsp3) is 0.900. The Morgan fingerprint density at radius 1 is 1.36 bits per heavy atom. The summed E-state index contributed by atoms with van der Waals surface area (Å²) in [6.45, 7) is 8.68. The van der Waals surface area contributed by atoms with Crippen molar-refractivity contribution in [3.05, 3.63) is 0 Å². The Kier molecular flexibility index (Phi) is 7.01. The highest BCUT2D eigenvalue weighted by atomic mass is 32.2. The van der Waals surface area contributed by atoms with Crippen LogP contribution in [-0.4, -0.2) is 29.0 Å². The standard InChI is InChI=1S/C10H22N2OS/c1-7(2)12-10(13)9(4)14-8(3)5-6-11/h7-9H,5-6,11H2,1-4H3,(H,12,13). The number of nitrogens with two attached hydrogens (primary N) is 1. The van der Waals surface area contributed by atoms with Crippen LogP contribution in [0.4, 0.5) is 0 Å². The van der Waals surface area contributed by atoms with Gasteiger partial charge in [0.1, 0.15) is 0 Å². The summed E-state index contributed by atoms with van der Waals surface area (Å²) in [7, 11) is 0. The monoisotopic (exact) mass is 218 g/mol. The van der Waals surface area contributed by atoms with Gasteiger partial charge in [-0.15, -0.1) is 11.8 Å². The minimum absolute atomic E-state index is 0.0129. The molecule has 0 aromatic rings. The molecule has 0 saturated heterocycles. The predicted molar refractivity (Wildman–Crippen MR) is 63.5 cm³/mol. The van der Waals surface area contributed by atoms with Crippen molar-refractivity contribution in [3.63, 3.8) is 0 Å². The number of thioether (sulfide) groups is 1. The molecule has 0 aliphatic heterocycles. The lowest BCUT2D eigenvalue weighted by molar-refractivity contribution is -0.120. The minimum atomic E-state index is 0.0129. The number of rotatable bonds is 6. The average molecular weight is 218 g/mol. The van der Waals surface area contributed by atoms with Gasteiger partial charge in [-0.3, -0.25) is 4.79 Å². The number of amides is 1. The van der Waals surface area contributed by atoms with E-state index in [4.69, 9.17) is 5.73 Å². The molecule has 0 heterocycles. The highest BCUT2D eigenvalue weighted by molar-refractivity contribution is 8.01. The van der Waals surface area contributed by atoms with Gasteiger partial charge in [0.05, 0.1) is 5.25 Å². The van der Waals surface area contributed by atoms with Gasteiger partial charge in [0.15, 0.2) is 0 Å². The first-order valence-electron chi connectivity index (χ1n) is 5.13. The molecular weight excluding hydrogens is 196 g/mol. The molecule has 3 N–H and O–H groups in total. The molecule has 2 unspecified atom stereocenters. The zero-order valence-electron chi connectivity index (χ0n) is 9.54. The van der Waals surface area contributed by atoms with E-state index in [9.17, 15) is 4.79 Å². The zero-order valence-corrected chi connectivity index (χ0v) is 10.4. The van der Waals surface area contributed by atoms with Gasteiger partial charge in [0.25, 0.3) is 0 Å². The third kappa shape index (κ3) is 6.27. The van der Waals surface area contributed by atoms with Crippen molar-refractivity contribution in [2.75, 3.05) is 6.54 Å². The number of carbonyl (C=O) groups is 1. The molecule has 3 nitrogen and oxygen atoms in total. The quantitative estimate of drug-likeness (QED) is 0.708. The smallest absolute Gasteiger partial charge is 0.233 e. The van der Waals surface area contributed by atoms with Crippen molar-refractivity contribution >= 4 is 17.7 Å². The second-order valence-corrected chi connectivity index (χ2v) is 5.61. The van der Waals surface area contributed by atoms with Gasteiger partial charge in [-0.1, -0.05) is 6.92 Å². The summed E-state index contributed by atoms with van der Waals surface area (Å²) < 4.78 is 0. The molecular formula is C10H22N2OS. The van der Waals surface area contributed by atoms with Crippen LogP contribution >= 0.6 is 11.8 Å². The molecule has 2 atom stereocenters. The predicted octanol–water partition coefficient (Wildman–Crippen LogP) is 1.37. The van der Waals surface area contributed by atoms with Crippen molar-refractivity contribution in [1.29, 1.82) is 0 Å². The first-order chi connectivity index (χ1) is 6.47. The summed E-state index contributed by atoms with van der Waals surface area (Å²) >= 11 is 1.68. The second kappa shape index (κ2) is 7.12. The summed E-state index contributed by atoms with van der Waals surface area (Å²) in [5.74, 6) is 0.119. The van der Waals surface area contributed by atoms with Crippen molar-refractivity contribution in [2.24, 2.45) is 5.73 Å². The molecule has 0 aromatic heterocycles. The van der Waals surface area contributed by atoms with Crippen LogP contribution in [0.2, 0.25) is 0 Å². The lowest BCUT2D eigenvalue weighted by atomic mass is 10.3. The molecule has 84 valence electrons. The van der Waals surface area contributed by atoms with Crippen LogP contribution in [0.3, 0.4) is 0 Å². The third-order valence-corrected chi connectivity index (χ3v) is 3.13. The maximum Gasteiger partial charge on any atom is 0.233 e. The van der Waals surface area contributed by atoms with Crippen LogP contribution in [-0.2, 0) is 4.79 Å². The van der Waals surface area contributed by atoms with Crippen molar-refractivity contribution < 1.29 is 4.79 Å². The number of carbonyl (C=O) groups excluding carboxylic acids is 1. The molecule has 0 saturated carbocycles. The van der Waals surface area contributed by atoms with Crippen LogP contribution in [0.5, 0.6) is 0 Å². The molecule has 1 amide bonds. The Morgan fingerprint density at radius 3 is 2.36 bits per heavy atom. The van der Waals surface area contributed by atoms with Crippen molar-refractivity contribution in [3.8, 4) is 0 Å². The first kappa shape index (κ1) is 13.8. The molecule has 14 heavy (non-hydrogen) atoms. The largest absolute Gasteiger partial charge is 0.353 e. The van der Waals surface area contributed by atoms with Crippen molar-refractivity contribution in [1.82, 2.24) is 5.32 Å². The van der Waals surface area contributed by atoms with Gasteiger partial charge in [0.2, 0.25) is 5.91 Å². The van der Waals surface area contributed by atoms with E-state index in [-0.39, 0.29) is 17.2 Å². The molecule has 0 fully saturated rings. The summed E-state index contributed by atoms with van der Waals surface area (Å²) in [5.41, 5.74) is 5.45. The van der Waals surface area contributed by atoms with E-state index in [1.807, 2.05) is 20.8 Å². The topological polar surface area (TPSA) is 55.1 Å². The Hall–Kier alpha value is -0.220. The molecule has 0 aliphatic carbocycles. The molecule has 0 bridgehead atoms. The maximum absolute atomic E-state index is 11.5. The number of hydrogen-bond acceptors (Lipinski definition) is 3. The van der Waals surface area contributed by atoms with Gasteiger partial charge in [-0.25, -0.2) is 0 Å². The second-order valence-electron chi connectivity index (χ2n) is 3.83. The van der Waals surface area contributed by atoms with E-state index in [0.29, 0.717) is 11.8 Å². The van der Waals surface area contributed by atoms with Crippen LogP contribution in [0.1, 0.15) is 34.1 Å². The highest BCUT2D eigenvalue weighted by Crippen LogP contribution is 2.19. The van der Waals surface area contributed by atoms with Crippen LogP contribution in [0.25, 0.3) is 0 Å². The molecule has 4 heteroatoms. The first-order valence-corrected chi connectivity index (χ1v) is 6.07. The molecule has 0 aliphatic rings. The van der Waals surface area contributed by atoms with E-state index in [1.165, 1.54) is 0 Å². The van der Waals surface area contributed by atoms with E-state index in [1.54, 1.807) is 11.8 Å². The number of nitrogens with one attached hydrogen (secondary N) is 1. The van der Waals surface area contributed by atoms with E-state index >= 15 is 0 Å². The SMILES string of the molecule is CC(C)NC(=O)C(C)SC(C)CCN. The third-order valence-electron chi connectivity index (χ3n) is 1.81. The normalized spacial score (nSPS) is 15.3. The van der Waals surface area contributed by atoms with Crippen molar-refractivity contribution in [2.45, 2.75) is 50.7 Å². The molecule has 0 radical (unpaired) electrons. The molecule has 0 rings (SSSR count). The summed E-state index contributed by atoms with van der Waals surface area (Å²) in [4.78, 5) is 11.5. The fourth-order valence-electron chi connectivity index (χ4n) is 1.11. The van der Waals surface area contributed by atoms with Gasteiger partial charge in [-0.2, -0.15) is 0 Å². The lowest BCUT2D eigenvalue weighted by Gasteiger charge is -2.17. The van der Waals surface area contributed by atoms with Gasteiger partial charge < -0.3 is 11.1 Å². The molecule has 0 aromatic carbocycles. The van der Waals surface area contributed by atoms with Crippen LogP contribution in [0.15, 0.2) is 0 Å². The van der Waals surface area contributed by atoms with Gasteiger partial charge >= 0.3 is 0 Å². The van der Waals surface area contributed by atoms with Gasteiger partial charge in [0, 0.05) is 11.3 Å². The van der Waals surface area contributed by atoms with Crippen LogP contribution in [0, 0.1) is 0 Å². The highest BCUT2D eigenvalue weighted by Gasteiger charge is 2.16. The summed E-state index contributed by atoms with van der Waals surface area (Å²) in [5, 5.41) is 3.36. The zero-order chi connectivity index (χ0) is 11.1. The fourth-order valence-corrected chi connectivity index (χ4v) is 2.28. The van der Waals surface area contributed by atoms with E-state index in [0.717, 1.165) is 6.42 Å². The van der Waals surface area contributed by atoms with E-state index in [2.05, 4.69) is 12.2 Å². The lowest BCUT2D eigenvalue weighted by Crippen LogP contribution is -2.36. The Bertz CT molecular complexity index is 174. The summed E-state index contributed by atoms with van der Waals surface area (Å²) in [6.07, 6.45) is 0.962. The van der Waals surface area contributed by atoms with Gasteiger partial charge in [-0.05, 0) is 33.7 Å². The molecule has 0 spiro atoms. The Balaban J connectivity index is 3.82. The Labute approximate surface area is 91.2 Å². The maximum atomic E-state index is 11.5. The Morgan fingerprint density at radius 2 is 1.93 bits per heavy atom.